The lowest BCUT2D eigenvalue weighted by atomic mass is 10.0. The number of anilines is 1. The Morgan fingerprint density at radius 2 is 2.20 bits per heavy atom. The number of hydrogen-bond acceptors (Lipinski definition) is 2. The summed E-state index contributed by atoms with van der Waals surface area (Å²) in [5.74, 6) is -0.662. The molecule has 0 aliphatic carbocycles. The lowest BCUT2D eigenvalue weighted by Gasteiger charge is -2.26. The molecule has 1 aliphatic heterocycles. The van der Waals surface area contributed by atoms with Gasteiger partial charge in [-0.1, -0.05) is 0 Å². The summed E-state index contributed by atoms with van der Waals surface area (Å²) in [6.45, 7) is 0.250. The van der Waals surface area contributed by atoms with Crippen LogP contribution in [-0.4, -0.2) is 17.7 Å². The van der Waals surface area contributed by atoms with Gasteiger partial charge in [-0.3, -0.25) is 14.5 Å². The zero-order chi connectivity index (χ0) is 11.0. The highest BCUT2D eigenvalue weighted by Crippen LogP contribution is 2.28. The average Bonchev–Trinajstić information content (AvgIpc) is 2.19. The van der Waals surface area contributed by atoms with Crippen molar-refractivity contribution in [1.82, 2.24) is 0 Å². The van der Waals surface area contributed by atoms with Crippen molar-refractivity contribution < 1.29 is 14.0 Å². The van der Waals surface area contributed by atoms with Gasteiger partial charge < -0.3 is 0 Å². The van der Waals surface area contributed by atoms with Crippen molar-refractivity contribution in [2.45, 2.75) is 6.42 Å². The third-order valence-corrected chi connectivity index (χ3v) is 2.53. The van der Waals surface area contributed by atoms with Crippen molar-refractivity contribution in [3.8, 4) is 0 Å². The summed E-state index contributed by atoms with van der Waals surface area (Å²) in [6, 6.07) is 3.72. The highest BCUT2D eigenvalue weighted by molar-refractivity contribution is 6.66. The molecule has 0 unspecified atom stereocenters. The first-order valence-electron chi connectivity index (χ1n) is 4.39. The lowest BCUT2D eigenvalue weighted by molar-refractivity contribution is 0.0981. The van der Waals surface area contributed by atoms with E-state index < -0.39 is 11.2 Å². The molecule has 0 bridgehead atoms. The largest absolute Gasteiger partial charge is 0.320 e. The van der Waals surface area contributed by atoms with Crippen LogP contribution in [0.5, 0.6) is 0 Å². The molecule has 3 nitrogen and oxygen atoms in total. The number of fused-ring (bicyclic) bond motifs is 1. The molecule has 0 atom stereocenters. The van der Waals surface area contributed by atoms with Crippen molar-refractivity contribution in [1.29, 1.82) is 0 Å². The third kappa shape index (κ3) is 1.72. The van der Waals surface area contributed by atoms with E-state index in [1.165, 1.54) is 17.0 Å². The fourth-order valence-corrected chi connectivity index (χ4v) is 1.79. The fraction of sp³-hybridized carbons (Fsp3) is 0.200. The minimum atomic E-state index is -0.657. The number of carbonyl (C=O) groups is 2. The van der Waals surface area contributed by atoms with Gasteiger partial charge in [0, 0.05) is 18.5 Å². The van der Waals surface area contributed by atoms with Gasteiger partial charge in [0.1, 0.15) is 5.82 Å². The summed E-state index contributed by atoms with van der Waals surface area (Å²) < 4.78 is 12.9. The van der Waals surface area contributed by atoms with Gasteiger partial charge in [-0.15, -0.1) is 0 Å². The zero-order valence-electron chi connectivity index (χ0n) is 7.67. The van der Waals surface area contributed by atoms with Gasteiger partial charge >= 0.3 is 5.37 Å². The predicted molar refractivity (Wildman–Crippen MR) is 53.9 cm³/mol. The molecule has 0 saturated carbocycles. The Kier molecular flexibility index (Phi) is 2.44. The molecule has 0 N–H and O–H groups in total. The van der Waals surface area contributed by atoms with E-state index in [0.29, 0.717) is 5.69 Å². The minimum absolute atomic E-state index is 0.168. The first-order chi connectivity index (χ1) is 7.09. The van der Waals surface area contributed by atoms with E-state index in [1.807, 2.05) is 0 Å². The van der Waals surface area contributed by atoms with Gasteiger partial charge in [-0.05, 0) is 29.8 Å². The van der Waals surface area contributed by atoms with Crippen molar-refractivity contribution in [3.63, 3.8) is 0 Å². The smallest absolute Gasteiger partial charge is 0.298 e. The Labute approximate surface area is 90.4 Å². The normalized spacial score (nSPS) is 15.1. The number of amides is 1. The molecule has 5 heteroatoms. The van der Waals surface area contributed by atoms with Crippen molar-refractivity contribution in [3.05, 3.63) is 29.6 Å². The molecule has 1 aromatic rings. The number of ketones is 1. The maximum Gasteiger partial charge on any atom is 0.320 e. The number of halogens is 2. The van der Waals surface area contributed by atoms with Crippen LogP contribution in [0.4, 0.5) is 14.9 Å². The quantitative estimate of drug-likeness (QED) is 0.505. The third-order valence-electron chi connectivity index (χ3n) is 2.32. The van der Waals surface area contributed by atoms with Gasteiger partial charge in [-0.25, -0.2) is 4.39 Å². The monoisotopic (exact) mass is 227 g/mol. The first kappa shape index (κ1) is 10.1. The van der Waals surface area contributed by atoms with E-state index in [2.05, 4.69) is 0 Å². The van der Waals surface area contributed by atoms with Crippen LogP contribution in [0.2, 0.25) is 0 Å². The Hall–Kier alpha value is -1.42. The number of rotatable bonds is 0. The highest BCUT2D eigenvalue weighted by Gasteiger charge is 2.26. The zero-order valence-corrected chi connectivity index (χ0v) is 8.42. The summed E-state index contributed by atoms with van der Waals surface area (Å²) in [6.07, 6.45) is 0.176. The first-order valence-corrected chi connectivity index (χ1v) is 4.77. The Balaban J connectivity index is 2.55. The summed E-state index contributed by atoms with van der Waals surface area (Å²) >= 11 is 5.35. The van der Waals surface area contributed by atoms with E-state index >= 15 is 0 Å². The van der Waals surface area contributed by atoms with Gasteiger partial charge in [0.25, 0.3) is 0 Å². The molecule has 78 valence electrons. The van der Waals surface area contributed by atoms with Crippen LogP contribution in [0, 0.1) is 5.82 Å². The van der Waals surface area contributed by atoms with Crippen LogP contribution in [0.3, 0.4) is 0 Å². The molecule has 0 saturated heterocycles. The van der Waals surface area contributed by atoms with Gasteiger partial charge in [0.05, 0.1) is 5.69 Å². The second-order valence-electron chi connectivity index (χ2n) is 3.24. The van der Waals surface area contributed by atoms with Crippen LogP contribution >= 0.6 is 11.6 Å². The van der Waals surface area contributed by atoms with E-state index in [4.69, 9.17) is 11.6 Å². The summed E-state index contributed by atoms with van der Waals surface area (Å²) in [7, 11) is 0. The van der Waals surface area contributed by atoms with E-state index in [0.717, 1.165) is 6.07 Å². The number of nitrogens with zero attached hydrogens (tertiary/aromatic N) is 1. The molecule has 1 aromatic carbocycles. The summed E-state index contributed by atoms with van der Waals surface area (Å²) in [5, 5.41) is -0.657. The lowest BCUT2D eigenvalue weighted by Crippen LogP contribution is -2.34. The maximum absolute atomic E-state index is 12.9. The Bertz CT molecular complexity index is 447. The van der Waals surface area contributed by atoms with Gasteiger partial charge in [-0.2, -0.15) is 0 Å². The molecule has 0 radical (unpaired) electrons. The topological polar surface area (TPSA) is 37.4 Å². The van der Waals surface area contributed by atoms with Gasteiger partial charge in [0.15, 0.2) is 5.78 Å². The molecule has 2 rings (SSSR count). The van der Waals surface area contributed by atoms with Crippen LogP contribution < -0.4 is 4.90 Å². The molecular formula is C10H7ClFNO2. The highest BCUT2D eigenvalue weighted by atomic mass is 35.5. The fourth-order valence-electron chi connectivity index (χ4n) is 1.62. The molecule has 1 heterocycles. The SMILES string of the molecule is O=C1CCN(C(=O)Cl)c2ccc(F)cc21. The van der Waals surface area contributed by atoms with Crippen LogP contribution in [-0.2, 0) is 0 Å². The summed E-state index contributed by atoms with van der Waals surface area (Å²) in [4.78, 5) is 23.8. The Morgan fingerprint density at radius 3 is 2.87 bits per heavy atom. The molecule has 1 aliphatic rings. The average molecular weight is 228 g/mol. The molecular weight excluding hydrogens is 221 g/mol. The number of benzene rings is 1. The standard InChI is InChI=1S/C10H7ClFNO2/c11-10(15)13-4-3-9(14)7-5-6(12)1-2-8(7)13/h1-2,5H,3-4H2. The second kappa shape index (κ2) is 3.62. The van der Waals surface area contributed by atoms with E-state index in [1.54, 1.807) is 0 Å². The second-order valence-corrected chi connectivity index (χ2v) is 3.56. The Morgan fingerprint density at radius 1 is 1.47 bits per heavy atom. The van der Waals surface area contributed by atoms with Crippen molar-refractivity contribution in [2.24, 2.45) is 0 Å². The summed E-state index contributed by atoms with van der Waals surface area (Å²) in [5.41, 5.74) is 0.600. The van der Waals surface area contributed by atoms with Crippen LogP contribution in [0.15, 0.2) is 18.2 Å². The predicted octanol–water partition coefficient (Wildman–Crippen LogP) is 2.58. The number of hydrogen-bond donors (Lipinski definition) is 0. The number of carbonyl (C=O) groups excluding carboxylic acids is 2. The van der Waals surface area contributed by atoms with E-state index in [-0.39, 0.29) is 24.3 Å². The molecule has 0 spiro atoms. The molecule has 1 amide bonds. The maximum atomic E-state index is 12.9. The van der Waals surface area contributed by atoms with Crippen molar-refractivity contribution >= 4 is 28.4 Å². The molecule has 15 heavy (non-hydrogen) atoms. The number of Topliss-reactive ketones (excluding diaryl/α,β-unsaturated/α-hetero) is 1. The minimum Gasteiger partial charge on any atom is -0.298 e. The van der Waals surface area contributed by atoms with Crippen LogP contribution in [0.25, 0.3) is 0 Å². The molecule has 0 fully saturated rings. The molecule has 0 aromatic heterocycles. The van der Waals surface area contributed by atoms with Crippen molar-refractivity contribution in [2.75, 3.05) is 11.4 Å². The van der Waals surface area contributed by atoms with Gasteiger partial charge in [0.2, 0.25) is 0 Å². The van der Waals surface area contributed by atoms with Crippen LogP contribution in [0.1, 0.15) is 16.8 Å². The van der Waals surface area contributed by atoms with E-state index in [9.17, 15) is 14.0 Å².